The topological polar surface area (TPSA) is 92.5 Å². The number of halogens is 1. The van der Waals surface area contributed by atoms with Crippen molar-refractivity contribution in [3.8, 4) is 0 Å². The average Bonchev–Trinajstić information content (AvgIpc) is 2.81. The van der Waals surface area contributed by atoms with Crippen LogP contribution in [0, 0.1) is 36.7 Å². The van der Waals surface area contributed by atoms with Gasteiger partial charge >= 0.3 is 0 Å². The number of hydrogen-bond acceptors (Lipinski definition) is 6. The second-order valence-electron chi connectivity index (χ2n) is 8.46. The molecule has 0 spiro atoms. The van der Waals surface area contributed by atoms with Gasteiger partial charge in [-0.3, -0.25) is 14.9 Å². The van der Waals surface area contributed by atoms with Gasteiger partial charge in [0.1, 0.15) is 17.5 Å². The minimum atomic E-state index is -0.471. The summed E-state index contributed by atoms with van der Waals surface area (Å²) in [5.74, 6) is 0.891. The number of amides is 1. The van der Waals surface area contributed by atoms with Crippen LogP contribution in [0.5, 0.6) is 0 Å². The first kappa shape index (κ1) is 23.3. The van der Waals surface area contributed by atoms with E-state index in [0.717, 1.165) is 17.1 Å². The van der Waals surface area contributed by atoms with Gasteiger partial charge in [-0.1, -0.05) is 24.3 Å². The van der Waals surface area contributed by atoms with Crippen LogP contribution in [0.15, 0.2) is 42.5 Å². The molecule has 2 aromatic carbocycles. The fourth-order valence-electron chi connectivity index (χ4n) is 4.26. The average molecular weight is 464 g/mol. The molecule has 34 heavy (non-hydrogen) atoms. The van der Waals surface area contributed by atoms with E-state index in [4.69, 9.17) is 0 Å². The van der Waals surface area contributed by atoms with E-state index in [2.05, 4.69) is 14.9 Å². The van der Waals surface area contributed by atoms with Crippen LogP contribution in [-0.4, -0.2) is 51.9 Å². The van der Waals surface area contributed by atoms with Crippen LogP contribution in [0.1, 0.15) is 38.6 Å². The number of hydrogen-bond donors (Lipinski definition) is 0. The molecule has 1 saturated heterocycles. The van der Waals surface area contributed by atoms with Crippen molar-refractivity contribution in [2.75, 3.05) is 31.1 Å². The molecule has 1 amide bonds. The molecule has 4 rings (SSSR count). The van der Waals surface area contributed by atoms with Crippen LogP contribution in [0.4, 0.5) is 15.9 Å². The van der Waals surface area contributed by atoms with Crippen molar-refractivity contribution in [3.05, 3.63) is 92.2 Å². The lowest BCUT2D eigenvalue weighted by molar-refractivity contribution is -0.385. The smallest absolute Gasteiger partial charge is 0.273 e. The zero-order valence-corrected chi connectivity index (χ0v) is 19.4. The largest absolute Gasteiger partial charge is 0.353 e. The second kappa shape index (κ2) is 9.54. The number of piperazine rings is 1. The number of carbonyl (C=O) groups excluding carboxylic acids is 1. The first-order valence-corrected chi connectivity index (χ1v) is 11.1. The van der Waals surface area contributed by atoms with Crippen molar-refractivity contribution in [1.82, 2.24) is 14.9 Å². The highest BCUT2D eigenvalue weighted by atomic mass is 19.1. The third-order valence-electron chi connectivity index (χ3n) is 6.15. The Balaban J connectivity index is 1.53. The maximum atomic E-state index is 14.3. The van der Waals surface area contributed by atoms with Gasteiger partial charge in [-0.05, 0) is 38.5 Å². The van der Waals surface area contributed by atoms with E-state index < -0.39 is 4.92 Å². The van der Waals surface area contributed by atoms with Crippen molar-refractivity contribution in [3.63, 3.8) is 0 Å². The highest BCUT2D eigenvalue weighted by Gasteiger charge is 2.27. The van der Waals surface area contributed by atoms with Crippen LogP contribution in [0.2, 0.25) is 0 Å². The van der Waals surface area contributed by atoms with E-state index >= 15 is 0 Å². The molecular weight excluding hydrogens is 437 g/mol. The number of nitro benzene ring substituents is 1. The van der Waals surface area contributed by atoms with E-state index in [1.807, 2.05) is 19.9 Å². The SMILES string of the molecule is Cc1nc(C)c(Cc2ccccc2F)c(N2CCN(C(=O)c3ccc(C)c([N+](=O)[O-])c3)CC2)n1. The normalized spacial score (nSPS) is 13.8. The summed E-state index contributed by atoms with van der Waals surface area (Å²) in [6.07, 6.45) is 0.375. The number of benzene rings is 2. The first-order valence-electron chi connectivity index (χ1n) is 11.1. The van der Waals surface area contributed by atoms with Gasteiger partial charge in [0.05, 0.1) is 4.92 Å². The lowest BCUT2D eigenvalue weighted by atomic mass is 10.0. The number of nitrogens with zero attached hydrogens (tertiary/aromatic N) is 5. The molecule has 2 heterocycles. The maximum absolute atomic E-state index is 14.3. The molecule has 1 aliphatic rings. The predicted octanol–water partition coefficient (Wildman–Crippen LogP) is 4.00. The molecule has 0 atom stereocenters. The Morgan fingerprint density at radius 1 is 1.06 bits per heavy atom. The zero-order valence-electron chi connectivity index (χ0n) is 19.4. The number of aryl methyl sites for hydroxylation is 3. The van der Waals surface area contributed by atoms with Gasteiger partial charge in [-0.15, -0.1) is 0 Å². The molecular formula is C25H26FN5O3. The van der Waals surface area contributed by atoms with E-state index in [1.54, 1.807) is 36.1 Å². The molecule has 0 saturated carbocycles. The third-order valence-corrected chi connectivity index (χ3v) is 6.15. The van der Waals surface area contributed by atoms with Crippen molar-refractivity contribution < 1.29 is 14.1 Å². The van der Waals surface area contributed by atoms with E-state index in [1.165, 1.54) is 12.1 Å². The van der Waals surface area contributed by atoms with Gasteiger partial charge in [0, 0.05) is 61.1 Å². The lowest BCUT2D eigenvalue weighted by Gasteiger charge is -2.36. The van der Waals surface area contributed by atoms with Crippen molar-refractivity contribution in [2.45, 2.75) is 27.2 Å². The highest BCUT2D eigenvalue weighted by Crippen LogP contribution is 2.27. The molecule has 0 unspecified atom stereocenters. The minimum absolute atomic E-state index is 0.0609. The number of carbonyl (C=O) groups is 1. The Labute approximate surface area is 197 Å². The fourth-order valence-corrected chi connectivity index (χ4v) is 4.26. The maximum Gasteiger partial charge on any atom is 0.273 e. The number of anilines is 1. The van der Waals surface area contributed by atoms with Gasteiger partial charge in [0.15, 0.2) is 0 Å². The molecule has 8 nitrogen and oxygen atoms in total. The summed E-state index contributed by atoms with van der Waals surface area (Å²) in [5.41, 5.74) is 3.01. The van der Waals surface area contributed by atoms with E-state index in [0.29, 0.717) is 55.1 Å². The van der Waals surface area contributed by atoms with Crippen molar-refractivity contribution in [2.24, 2.45) is 0 Å². The molecule has 0 bridgehead atoms. The van der Waals surface area contributed by atoms with Gasteiger partial charge in [0.25, 0.3) is 11.6 Å². The highest BCUT2D eigenvalue weighted by molar-refractivity contribution is 5.95. The standard InChI is InChI=1S/C25H26FN5O3/c1-16-8-9-20(15-23(16)31(33)34)25(32)30-12-10-29(11-13-30)24-21(17(2)27-18(3)28-24)14-19-6-4-5-7-22(19)26/h4-9,15H,10-14H2,1-3H3. The summed E-state index contributed by atoms with van der Waals surface area (Å²) < 4.78 is 14.3. The Hall–Kier alpha value is -3.88. The summed E-state index contributed by atoms with van der Waals surface area (Å²) in [5, 5.41) is 11.3. The second-order valence-corrected chi connectivity index (χ2v) is 8.46. The quantitative estimate of drug-likeness (QED) is 0.419. The summed E-state index contributed by atoms with van der Waals surface area (Å²) >= 11 is 0. The van der Waals surface area contributed by atoms with Gasteiger partial charge in [-0.25, -0.2) is 14.4 Å². The minimum Gasteiger partial charge on any atom is -0.353 e. The molecule has 1 aromatic heterocycles. The van der Waals surface area contributed by atoms with Crippen molar-refractivity contribution in [1.29, 1.82) is 0 Å². The summed E-state index contributed by atoms with van der Waals surface area (Å²) in [6, 6.07) is 11.2. The molecule has 176 valence electrons. The van der Waals surface area contributed by atoms with Gasteiger partial charge in [0.2, 0.25) is 0 Å². The molecule has 0 aliphatic carbocycles. The lowest BCUT2D eigenvalue weighted by Crippen LogP contribution is -2.49. The van der Waals surface area contributed by atoms with Crippen LogP contribution in [0.25, 0.3) is 0 Å². The van der Waals surface area contributed by atoms with Crippen LogP contribution < -0.4 is 4.90 Å². The Bertz CT molecular complexity index is 1260. The first-order chi connectivity index (χ1) is 16.2. The molecule has 9 heteroatoms. The zero-order chi connectivity index (χ0) is 24.4. The van der Waals surface area contributed by atoms with E-state index in [-0.39, 0.29) is 17.4 Å². The van der Waals surface area contributed by atoms with Crippen LogP contribution in [-0.2, 0) is 6.42 Å². The summed E-state index contributed by atoms with van der Waals surface area (Å²) in [6.45, 7) is 7.35. The Morgan fingerprint density at radius 2 is 1.76 bits per heavy atom. The van der Waals surface area contributed by atoms with E-state index in [9.17, 15) is 19.3 Å². The van der Waals surface area contributed by atoms with Crippen LogP contribution in [0.3, 0.4) is 0 Å². The third kappa shape index (κ3) is 4.73. The number of nitro groups is 1. The van der Waals surface area contributed by atoms with Crippen molar-refractivity contribution >= 4 is 17.4 Å². The number of rotatable bonds is 5. The molecule has 0 radical (unpaired) electrons. The Morgan fingerprint density at radius 3 is 2.44 bits per heavy atom. The van der Waals surface area contributed by atoms with Gasteiger partial charge in [-0.2, -0.15) is 0 Å². The monoisotopic (exact) mass is 463 g/mol. The molecule has 1 fully saturated rings. The van der Waals surface area contributed by atoms with Crippen LogP contribution >= 0.6 is 0 Å². The molecule has 0 N–H and O–H groups in total. The Kier molecular flexibility index (Phi) is 6.54. The summed E-state index contributed by atoms with van der Waals surface area (Å²) in [7, 11) is 0. The van der Waals surface area contributed by atoms with Gasteiger partial charge < -0.3 is 9.80 Å². The fraction of sp³-hybridized carbons (Fsp3) is 0.320. The number of aromatic nitrogens is 2. The molecule has 3 aromatic rings. The molecule has 1 aliphatic heterocycles. The predicted molar refractivity (Wildman–Crippen MR) is 127 cm³/mol. The summed E-state index contributed by atoms with van der Waals surface area (Å²) in [4.78, 5) is 36.7.